The van der Waals surface area contributed by atoms with Gasteiger partial charge in [0.25, 0.3) is 5.91 Å². The predicted molar refractivity (Wildman–Crippen MR) is 179 cm³/mol. The van der Waals surface area contributed by atoms with Gasteiger partial charge in [-0.25, -0.2) is 19.9 Å². The van der Waals surface area contributed by atoms with Crippen LogP contribution in [0.2, 0.25) is 10.0 Å². The topological polar surface area (TPSA) is 164 Å². The SMILES string of the molecule is CNC(=O)c1ccccc1Nc1nc(Nc2nccc(Sc3cnc(N4CCC5(CC4)CC(=O)[C@@H](C)[C@@H]5N)cn3)c2Cl)ncc1Cl. The Morgan fingerprint density at radius 1 is 1.02 bits per heavy atom. The number of hydrogen-bond acceptors (Lipinski definition) is 12. The highest BCUT2D eigenvalue weighted by Crippen LogP contribution is 2.46. The smallest absolute Gasteiger partial charge is 0.253 e. The van der Waals surface area contributed by atoms with Crippen molar-refractivity contribution in [2.24, 2.45) is 17.1 Å². The molecule has 238 valence electrons. The van der Waals surface area contributed by atoms with Crippen LogP contribution in [0.25, 0.3) is 0 Å². The summed E-state index contributed by atoms with van der Waals surface area (Å²) in [5.74, 6) is 1.58. The first kappa shape index (κ1) is 31.9. The molecule has 0 bridgehead atoms. The number of ketones is 1. The van der Waals surface area contributed by atoms with E-state index in [1.165, 1.54) is 18.0 Å². The monoisotopic (exact) mass is 678 g/mol. The van der Waals surface area contributed by atoms with E-state index < -0.39 is 0 Å². The van der Waals surface area contributed by atoms with E-state index in [-0.39, 0.29) is 40.0 Å². The van der Waals surface area contributed by atoms with E-state index in [4.69, 9.17) is 28.9 Å². The minimum absolute atomic E-state index is 0.0731. The number of pyridine rings is 1. The number of amides is 1. The van der Waals surface area contributed by atoms with E-state index in [9.17, 15) is 9.59 Å². The maximum Gasteiger partial charge on any atom is 0.253 e. The number of Topliss-reactive ketones (excluding diaryl/α,β-unsaturated/α-hetero) is 1. The van der Waals surface area contributed by atoms with Crippen LogP contribution in [0.3, 0.4) is 0 Å². The fourth-order valence-corrected chi connectivity index (χ4v) is 7.12. The third kappa shape index (κ3) is 6.45. The van der Waals surface area contributed by atoms with E-state index in [1.807, 2.05) is 6.92 Å². The highest BCUT2D eigenvalue weighted by atomic mass is 35.5. The third-order valence-electron chi connectivity index (χ3n) is 8.67. The maximum absolute atomic E-state index is 12.3. The molecule has 5 N–H and O–H groups in total. The second-order valence-electron chi connectivity index (χ2n) is 11.4. The van der Waals surface area contributed by atoms with Gasteiger partial charge < -0.3 is 26.6 Å². The Kier molecular flexibility index (Phi) is 9.27. The van der Waals surface area contributed by atoms with Crippen LogP contribution in [-0.4, -0.2) is 62.8 Å². The molecule has 2 fully saturated rings. The number of hydrogen-bond donors (Lipinski definition) is 4. The van der Waals surface area contributed by atoms with Gasteiger partial charge in [-0.3, -0.25) is 9.59 Å². The molecule has 1 spiro atoms. The zero-order valence-corrected chi connectivity index (χ0v) is 27.5. The molecule has 3 aromatic heterocycles. The molecule has 12 nitrogen and oxygen atoms in total. The highest BCUT2D eigenvalue weighted by Gasteiger charge is 2.50. The summed E-state index contributed by atoms with van der Waals surface area (Å²) < 4.78 is 0. The first-order valence-electron chi connectivity index (χ1n) is 14.7. The summed E-state index contributed by atoms with van der Waals surface area (Å²) in [5.41, 5.74) is 7.33. The molecule has 2 aliphatic rings. The molecule has 15 heteroatoms. The van der Waals surface area contributed by atoms with Crippen LogP contribution in [0.5, 0.6) is 0 Å². The summed E-state index contributed by atoms with van der Waals surface area (Å²) in [6, 6.07) is 8.72. The number of aromatic nitrogens is 5. The molecule has 4 heterocycles. The van der Waals surface area contributed by atoms with Gasteiger partial charge in [0.15, 0.2) is 11.6 Å². The van der Waals surface area contributed by atoms with Gasteiger partial charge in [0.1, 0.15) is 21.6 Å². The second-order valence-corrected chi connectivity index (χ2v) is 13.2. The zero-order chi connectivity index (χ0) is 32.4. The average molecular weight is 680 g/mol. The Bertz CT molecular complexity index is 1770. The number of para-hydroxylation sites is 1. The van der Waals surface area contributed by atoms with Gasteiger partial charge in [-0.15, -0.1) is 0 Å². The summed E-state index contributed by atoms with van der Waals surface area (Å²) in [5, 5.41) is 10.1. The van der Waals surface area contributed by atoms with Gasteiger partial charge in [0.05, 0.1) is 34.9 Å². The average Bonchev–Trinajstić information content (AvgIpc) is 3.27. The lowest BCUT2D eigenvalue weighted by atomic mass is 9.73. The van der Waals surface area contributed by atoms with Gasteiger partial charge in [-0.1, -0.05) is 54.0 Å². The predicted octanol–water partition coefficient (Wildman–Crippen LogP) is 5.49. The quantitative estimate of drug-likeness (QED) is 0.186. The van der Waals surface area contributed by atoms with E-state index in [2.05, 4.69) is 45.8 Å². The standard InChI is InChI=1S/C31H32Cl2N10O2S/c1-17-21(44)13-31(26(17)34)8-11-43(12-9-31)23-15-38-24(16-37-23)46-22-7-10-36-28(25(22)33)42-30-39-14-19(32)27(41-30)40-20-6-4-3-5-18(20)29(45)35-2/h3-7,10,14-17,26H,8-9,11-13,34H2,1-2H3,(H,35,45)(H2,36,39,40,41,42)/t17-,26+/m1/s1. The van der Waals surface area contributed by atoms with Crippen molar-refractivity contribution in [3.05, 3.63) is 70.7 Å². The van der Waals surface area contributed by atoms with Crippen LogP contribution in [0.15, 0.2) is 65.0 Å². The number of anilines is 5. The maximum atomic E-state index is 12.3. The van der Waals surface area contributed by atoms with Crippen LogP contribution >= 0.6 is 35.0 Å². The van der Waals surface area contributed by atoms with E-state index >= 15 is 0 Å². The zero-order valence-electron chi connectivity index (χ0n) is 25.1. The first-order chi connectivity index (χ1) is 22.2. The number of carbonyl (C=O) groups is 2. The molecule has 1 saturated carbocycles. The molecule has 1 amide bonds. The Hall–Kier alpha value is -4.04. The number of nitrogens with two attached hydrogens (primary N) is 1. The van der Waals surface area contributed by atoms with Crippen LogP contribution in [0.1, 0.15) is 36.5 Å². The molecule has 1 aliphatic carbocycles. The number of nitrogens with one attached hydrogen (secondary N) is 3. The number of rotatable bonds is 8. The molecule has 2 atom stereocenters. The van der Waals surface area contributed by atoms with Crippen molar-refractivity contribution in [1.29, 1.82) is 0 Å². The largest absolute Gasteiger partial charge is 0.355 e. The molecular weight excluding hydrogens is 647 g/mol. The first-order valence-corrected chi connectivity index (χ1v) is 16.3. The second kappa shape index (κ2) is 13.4. The highest BCUT2D eigenvalue weighted by molar-refractivity contribution is 7.99. The lowest BCUT2D eigenvalue weighted by molar-refractivity contribution is -0.120. The molecule has 0 unspecified atom stereocenters. The van der Waals surface area contributed by atoms with Gasteiger partial charge in [0.2, 0.25) is 5.95 Å². The van der Waals surface area contributed by atoms with Crippen LogP contribution < -0.4 is 26.6 Å². The minimum atomic E-state index is -0.251. The van der Waals surface area contributed by atoms with Crippen molar-refractivity contribution < 1.29 is 9.59 Å². The molecule has 46 heavy (non-hydrogen) atoms. The number of halogens is 2. The normalized spacial score (nSPS) is 18.9. The molecule has 0 radical (unpaired) electrons. The van der Waals surface area contributed by atoms with E-state index in [1.54, 1.807) is 56.0 Å². The summed E-state index contributed by atoms with van der Waals surface area (Å²) in [7, 11) is 1.56. The molecule has 1 aliphatic heterocycles. The minimum Gasteiger partial charge on any atom is -0.355 e. The Balaban J connectivity index is 1.12. The van der Waals surface area contributed by atoms with Crippen molar-refractivity contribution >= 4 is 75.7 Å². The van der Waals surface area contributed by atoms with Crippen molar-refractivity contribution in [3.63, 3.8) is 0 Å². The lowest BCUT2D eigenvalue weighted by Crippen LogP contribution is -2.48. The molecule has 1 aromatic carbocycles. The molecule has 6 rings (SSSR count). The summed E-state index contributed by atoms with van der Waals surface area (Å²) in [6.07, 6.45) is 8.84. The fraction of sp³-hybridized carbons (Fsp3) is 0.323. The summed E-state index contributed by atoms with van der Waals surface area (Å²) in [6.45, 7) is 3.51. The summed E-state index contributed by atoms with van der Waals surface area (Å²) >= 11 is 14.5. The number of benzene rings is 1. The Morgan fingerprint density at radius 3 is 2.50 bits per heavy atom. The van der Waals surface area contributed by atoms with Crippen LogP contribution in [-0.2, 0) is 4.79 Å². The van der Waals surface area contributed by atoms with Gasteiger partial charge in [-0.2, -0.15) is 4.98 Å². The number of carbonyl (C=O) groups excluding carboxylic acids is 2. The van der Waals surface area contributed by atoms with Gasteiger partial charge >= 0.3 is 0 Å². The molecule has 4 aromatic rings. The van der Waals surface area contributed by atoms with Crippen molar-refractivity contribution in [1.82, 2.24) is 30.2 Å². The molecule has 1 saturated heterocycles. The summed E-state index contributed by atoms with van der Waals surface area (Å²) in [4.78, 5) is 49.9. The van der Waals surface area contributed by atoms with Gasteiger partial charge in [0, 0.05) is 49.6 Å². The fourth-order valence-electron chi connectivity index (χ4n) is 5.95. The molecular formula is C31H32Cl2N10O2S. The van der Waals surface area contributed by atoms with Crippen LogP contribution in [0.4, 0.5) is 29.1 Å². The Morgan fingerprint density at radius 2 is 1.80 bits per heavy atom. The Labute approximate surface area is 280 Å². The third-order valence-corrected chi connectivity index (χ3v) is 10.4. The number of nitrogens with zero attached hydrogens (tertiary/aromatic N) is 6. The van der Waals surface area contributed by atoms with Crippen molar-refractivity contribution in [3.8, 4) is 0 Å². The van der Waals surface area contributed by atoms with Crippen LogP contribution in [0, 0.1) is 11.3 Å². The van der Waals surface area contributed by atoms with E-state index in [0.717, 1.165) is 31.7 Å². The van der Waals surface area contributed by atoms with Gasteiger partial charge in [-0.05, 0) is 36.5 Å². The van der Waals surface area contributed by atoms with Crippen molar-refractivity contribution in [2.75, 3.05) is 35.7 Å². The lowest BCUT2D eigenvalue weighted by Gasteiger charge is -2.42. The number of piperidine rings is 1. The van der Waals surface area contributed by atoms with Crippen molar-refractivity contribution in [2.45, 2.75) is 42.1 Å². The van der Waals surface area contributed by atoms with E-state index in [0.29, 0.717) is 44.3 Å².